The van der Waals surface area contributed by atoms with Gasteiger partial charge in [-0.05, 0) is 47.1 Å². The van der Waals surface area contributed by atoms with Crippen molar-refractivity contribution in [1.29, 1.82) is 0 Å². The Kier molecular flexibility index (Phi) is 4.10. The molecular formula is C21H21Cl2N. The molecule has 1 aliphatic carbocycles. The zero-order chi connectivity index (χ0) is 16.8. The molecule has 1 N–H and O–H groups in total. The molecule has 1 aliphatic heterocycles. The van der Waals surface area contributed by atoms with E-state index in [1.54, 1.807) is 0 Å². The van der Waals surface area contributed by atoms with Crippen molar-refractivity contribution in [2.24, 2.45) is 5.92 Å². The van der Waals surface area contributed by atoms with E-state index in [1.165, 1.54) is 16.7 Å². The number of anilines is 1. The summed E-state index contributed by atoms with van der Waals surface area (Å²) in [7, 11) is 0. The van der Waals surface area contributed by atoms with Crippen LogP contribution in [0.25, 0.3) is 0 Å². The van der Waals surface area contributed by atoms with Crippen molar-refractivity contribution >= 4 is 28.9 Å². The minimum absolute atomic E-state index is 0.275. The molecule has 2 aromatic carbocycles. The molecule has 0 spiro atoms. The van der Waals surface area contributed by atoms with Crippen LogP contribution in [0, 0.1) is 5.92 Å². The van der Waals surface area contributed by atoms with Crippen LogP contribution in [0.4, 0.5) is 5.69 Å². The first kappa shape index (κ1) is 16.1. The molecule has 1 heterocycles. The minimum atomic E-state index is 0.275. The Labute approximate surface area is 153 Å². The molecule has 2 aromatic rings. The molecule has 3 heteroatoms. The van der Waals surface area contributed by atoms with E-state index in [4.69, 9.17) is 23.2 Å². The van der Waals surface area contributed by atoms with Gasteiger partial charge in [-0.25, -0.2) is 0 Å². The van der Waals surface area contributed by atoms with Crippen molar-refractivity contribution < 1.29 is 0 Å². The smallest absolute Gasteiger partial charge is 0.0655 e. The second-order valence-corrected chi connectivity index (χ2v) is 7.99. The Hall–Kier alpha value is -1.44. The number of halogens is 2. The number of nitrogens with one attached hydrogen (secondary N) is 1. The van der Waals surface area contributed by atoms with Crippen LogP contribution in [0.5, 0.6) is 0 Å². The quantitative estimate of drug-likeness (QED) is 0.573. The first-order valence-electron chi connectivity index (χ1n) is 8.56. The number of hydrogen-bond donors (Lipinski definition) is 1. The predicted molar refractivity (Wildman–Crippen MR) is 103 cm³/mol. The van der Waals surface area contributed by atoms with Crippen molar-refractivity contribution in [3.05, 3.63) is 75.3 Å². The SMILES string of the molecule is CC(C)c1ccc(C2Nc3c(Cl)cc(Cl)cc3C3C=CCC32)cc1. The van der Waals surface area contributed by atoms with E-state index in [-0.39, 0.29) is 6.04 Å². The molecule has 0 radical (unpaired) electrons. The molecule has 0 bridgehead atoms. The van der Waals surface area contributed by atoms with Gasteiger partial charge in [-0.3, -0.25) is 0 Å². The van der Waals surface area contributed by atoms with Gasteiger partial charge in [0.1, 0.15) is 0 Å². The summed E-state index contributed by atoms with van der Waals surface area (Å²) in [5, 5.41) is 5.11. The number of fused-ring (bicyclic) bond motifs is 3. The maximum absolute atomic E-state index is 6.49. The number of benzene rings is 2. The Morgan fingerprint density at radius 3 is 2.54 bits per heavy atom. The Balaban J connectivity index is 1.75. The van der Waals surface area contributed by atoms with E-state index < -0.39 is 0 Å². The zero-order valence-electron chi connectivity index (χ0n) is 13.9. The highest BCUT2D eigenvalue weighted by Gasteiger charge is 2.38. The van der Waals surface area contributed by atoms with Crippen molar-refractivity contribution in [3.8, 4) is 0 Å². The third-order valence-electron chi connectivity index (χ3n) is 5.35. The summed E-state index contributed by atoms with van der Waals surface area (Å²) in [6.45, 7) is 4.45. The molecular weight excluding hydrogens is 337 g/mol. The van der Waals surface area contributed by atoms with Gasteiger partial charge in [0.2, 0.25) is 0 Å². The Morgan fingerprint density at radius 1 is 1.08 bits per heavy atom. The van der Waals surface area contributed by atoms with Gasteiger partial charge in [-0.1, -0.05) is 73.5 Å². The average molecular weight is 358 g/mol. The molecule has 3 unspecified atom stereocenters. The third kappa shape index (κ3) is 2.64. The highest BCUT2D eigenvalue weighted by atomic mass is 35.5. The lowest BCUT2D eigenvalue weighted by molar-refractivity contribution is 0.425. The average Bonchev–Trinajstić information content (AvgIpc) is 3.04. The van der Waals surface area contributed by atoms with Gasteiger partial charge in [0.05, 0.1) is 16.8 Å². The van der Waals surface area contributed by atoms with E-state index >= 15 is 0 Å². The summed E-state index contributed by atoms with van der Waals surface area (Å²) in [5.74, 6) is 1.45. The van der Waals surface area contributed by atoms with Crippen LogP contribution < -0.4 is 5.32 Å². The summed E-state index contributed by atoms with van der Waals surface area (Å²) in [5.41, 5.74) is 4.96. The van der Waals surface area contributed by atoms with Crippen molar-refractivity contribution in [3.63, 3.8) is 0 Å². The summed E-state index contributed by atoms with van der Waals surface area (Å²) in [6, 6.07) is 13.2. The molecule has 1 nitrogen and oxygen atoms in total. The standard InChI is InChI=1S/C21H21Cl2N/c1-12(2)13-6-8-14(9-7-13)20-17-5-3-4-16(17)18-10-15(22)11-19(23)21(18)24-20/h3-4,6-12,16-17,20,24H,5H2,1-2H3. The summed E-state index contributed by atoms with van der Waals surface area (Å²) >= 11 is 12.7. The van der Waals surface area contributed by atoms with Crippen LogP contribution in [0.2, 0.25) is 10.0 Å². The van der Waals surface area contributed by atoms with Crippen molar-refractivity contribution in [1.82, 2.24) is 0 Å². The van der Waals surface area contributed by atoms with Crippen LogP contribution >= 0.6 is 23.2 Å². The van der Waals surface area contributed by atoms with Crippen LogP contribution in [0.3, 0.4) is 0 Å². The fourth-order valence-corrected chi connectivity index (χ4v) is 4.60. The first-order chi connectivity index (χ1) is 11.5. The number of rotatable bonds is 2. The molecule has 0 saturated carbocycles. The van der Waals surface area contributed by atoms with Crippen molar-refractivity contribution in [2.45, 2.75) is 38.1 Å². The fourth-order valence-electron chi connectivity index (χ4n) is 4.04. The largest absolute Gasteiger partial charge is 0.376 e. The van der Waals surface area contributed by atoms with Crippen LogP contribution in [0.1, 0.15) is 54.8 Å². The molecule has 0 fully saturated rings. The van der Waals surface area contributed by atoms with Gasteiger partial charge in [0.25, 0.3) is 0 Å². The summed E-state index contributed by atoms with van der Waals surface area (Å²) < 4.78 is 0. The van der Waals surface area contributed by atoms with E-state index in [1.807, 2.05) is 6.07 Å². The Bertz CT molecular complexity index is 792. The molecule has 124 valence electrons. The van der Waals surface area contributed by atoms with Crippen LogP contribution in [-0.4, -0.2) is 0 Å². The second kappa shape index (κ2) is 6.13. The van der Waals surface area contributed by atoms with Gasteiger partial charge in [0.15, 0.2) is 0 Å². The van der Waals surface area contributed by atoms with E-state index in [0.29, 0.717) is 27.8 Å². The van der Waals surface area contributed by atoms with E-state index in [9.17, 15) is 0 Å². The number of allylic oxidation sites excluding steroid dienone is 2. The van der Waals surface area contributed by atoms with Gasteiger partial charge in [0, 0.05) is 10.9 Å². The maximum atomic E-state index is 6.49. The molecule has 2 aliphatic rings. The van der Waals surface area contributed by atoms with Gasteiger partial charge < -0.3 is 5.32 Å². The van der Waals surface area contributed by atoms with Crippen LogP contribution in [0.15, 0.2) is 48.6 Å². The lowest BCUT2D eigenvalue weighted by Crippen LogP contribution is -2.29. The summed E-state index contributed by atoms with van der Waals surface area (Å²) in [6.07, 6.45) is 5.68. The van der Waals surface area contributed by atoms with Crippen LogP contribution in [-0.2, 0) is 0 Å². The molecule has 3 atom stereocenters. The number of hydrogen-bond acceptors (Lipinski definition) is 1. The summed E-state index contributed by atoms with van der Waals surface area (Å²) in [4.78, 5) is 0. The topological polar surface area (TPSA) is 12.0 Å². The normalized spacial score (nSPS) is 24.6. The molecule has 0 aromatic heterocycles. The zero-order valence-corrected chi connectivity index (χ0v) is 15.4. The van der Waals surface area contributed by atoms with Gasteiger partial charge >= 0.3 is 0 Å². The molecule has 0 saturated heterocycles. The fraction of sp³-hybridized carbons (Fsp3) is 0.333. The highest BCUT2D eigenvalue weighted by Crippen LogP contribution is 2.52. The maximum Gasteiger partial charge on any atom is 0.0655 e. The lowest BCUT2D eigenvalue weighted by atomic mass is 9.77. The Morgan fingerprint density at radius 2 is 1.83 bits per heavy atom. The third-order valence-corrected chi connectivity index (χ3v) is 5.86. The van der Waals surface area contributed by atoms with E-state index in [0.717, 1.165) is 12.1 Å². The van der Waals surface area contributed by atoms with Gasteiger partial charge in [-0.15, -0.1) is 0 Å². The lowest BCUT2D eigenvalue weighted by Gasteiger charge is -2.38. The molecule has 4 rings (SSSR count). The monoisotopic (exact) mass is 357 g/mol. The first-order valence-corrected chi connectivity index (χ1v) is 9.32. The second-order valence-electron chi connectivity index (χ2n) is 7.15. The van der Waals surface area contributed by atoms with Crippen molar-refractivity contribution in [2.75, 3.05) is 5.32 Å². The molecule has 0 amide bonds. The van der Waals surface area contributed by atoms with E-state index in [2.05, 4.69) is 61.6 Å². The highest BCUT2D eigenvalue weighted by molar-refractivity contribution is 6.36. The van der Waals surface area contributed by atoms with Gasteiger partial charge in [-0.2, -0.15) is 0 Å². The minimum Gasteiger partial charge on any atom is -0.376 e. The predicted octanol–water partition coefficient (Wildman–Crippen LogP) is 6.94. The molecule has 24 heavy (non-hydrogen) atoms.